The molecule has 0 radical (unpaired) electrons. The maximum absolute atomic E-state index is 12.4. The van der Waals surface area contributed by atoms with Gasteiger partial charge in [0.05, 0.1) is 5.25 Å². The van der Waals surface area contributed by atoms with Gasteiger partial charge >= 0.3 is 0 Å². The number of pyridine rings is 1. The number of nitrogens with zero attached hydrogens (tertiary/aromatic N) is 3. The molecule has 28 heavy (non-hydrogen) atoms. The van der Waals surface area contributed by atoms with Crippen LogP contribution >= 0.6 is 24.0 Å². The van der Waals surface area contributed by atoms with E-state index in [0.717, 1.165) is 36.1 Å². The smallest absolute Gasteiger partial charge is 0.250 e. The average Bonchev–Trinajstić information content (AvgIpc) is 3.07. The zero-order chi connectivity index (χ0) is 19.8. The molecule has 2 bridgehead atoms. The number of thioether (sulfide) groups is 1. The molecule has 2 aliphatic heterocycles. The number of amides is 1. The summed E-state index contributed by atoms with van der Waals surface area (Å²) in [5.41, 5.74) is 1.17. The Morgan fingerprint density at radius 3 is 2.96 bits per heavy atom. The van der Waals surface area contributed by atoms with Crippen molar-refractivity contribution in [2.75, 3.05) is 18.4 Å². The predicted octanol–water partition coefficient (Wildman–Crippen LogP) is 2.61. The van der Waals surface area contributed by atoms with E-state index in [1.54, 1.807) is 19.1 Å². The molecule has 2 aromatic rings. The molecule has 0 unspecified atom stereocenters. The van der Waals surface area contributed by atoms with Crippen LogP contribution in [0.5, 0.6) is 0 Å². The van der Waals surface area contributed by atoms with E-state index in [1.807, 2.05) is 23.6 Å². The maximum Gasteiger partial charge on any atom is 0.250 e. The third-order valence-electron chi connectivity index (χ3n) is 5.26. The van der Waals surface area contributed by atoms with E-state index in [-0.39, 0.29) is 16.7 Å². The molecule has 1 N–H and O–H groups in total. The zero-order valence-corrected chi connectivity index (χ0v) is 17.4. The summed E-state index contributed by atoms with van der Waals surface area (Å²) in [6, 6.07) is 7.18. The second kappa shape index (κ2) is 7.71. The molecule has 7 nitrogen and oxygen atoms in total. The Kier molecular flexibility index (Phi) is 5.29. The number of carbonyl (C=O) groups excluding carboxylic acids is 1. The van der Waals surface area contributed by atoms with E-state index in [1.165, 1.54) is 11.8 Å². The summed E-state index contributed by atoms with van der Waals surface area (Å²) in [4.78, 5) is 26.7. The summed E-state index contributed by atoms with van der Waals surface area (Å²) in [6.45, 7) is 5.94. The minimum atomic E-state index is -0.346. The lowest BCUT2D eigenvalue weighted by Gasteiger charge is -2.43. The normalized spacial score (nSPS) is 21.7. The highest BCUT2D eigenvalue weighted by molar-refractivity contribution is 8.23. The van der Waals surface area contributed by atoms with Gasteiger partial charge in [-0.05, 0) is 32.3 Å². The molecule has 0 saturated carbocycles. The van der Waals surface area contributed by atoms with Gasteiger partial charge in [-0.2, -0.15) is 0 Å². The van der Waals surface area contributed by atoms with Crippen LogP contribution in [0.1, 0.15) is 30.7 Å². The van der Waals surface area contributed by atoms with Crippen LogP contribution in [-0.2, 0) is 11.3 Å². The first-order valence-electron chi connectivity index (χ1n) is 9.30. The SMILES string of the molecule is Cc1cc(NC(=O)[C@@H](C)SC(=S)N2C[C@H]3C[C@@H](C2)c2cccc(=O)n2C3)no1. The Hall–Kier alpha value is -2.13. The van der Waals surface area contributed by atoms with Gasteiger partial charge in [0.25, 0.3) is 5.56 Å². The molecule has 3 atom stereocenters. The van der Waals surface area contributed by atoms with Crippen molar-refractivity contribution >= 4 is 40.0 Å². The van der Waals surface area contributed by atoms with Gasteiger partial charge in [0.1, 0.15) is 10.1 Å². The van der Waals surface area contributed by atoms with Crippen molar-refractivity contribution in [2.24, 2.45) is 5.92 Å². The summed E-state index contributed by atoms with van der Waals surface area (Å²) < 4.78 is 7.60. The van der Waals surface area contributed by atoms with Gasteiger partial charge in [-0.15, -0.1) is 0 Å². The molecule has 0 aliphatic carbocycles. The van der Waals surface area contributed by atoms with Crippen LogP contribution in [-0.4, -0.2) is 43.2 Å². The van der Waals surface area contributed by atoms with Gasteiger partial charge in [0, 0.05) is 43.4 Å². The highest BCUT2D eigenvalue weighted by Gasteiger charge is 2.35. The Balaban J connectivity index is 1.39. The number of hydrogen-bond acceptors (Lipinski definition) is 6. The molecular weight excluding hydrogens is 396 g/mol. The van der Waals surface area contributed by atoms with Crippen molar-refractivity contribution < 1.29 is 9.32 Å². The first-order chi connectivity index (χ1) is 13.4. The third-order valence-corrected chi connectivity index (χ3v) is 6.84. The second-order valence-electron chi connectivity index (χ2n) is 7.44. The standard InChI is InChI=1S/C19H22N4O3S2/c1-11-6-16(21-26-11)20-18(25)12(2)28-19(27)22-8-13-7-14(10-22)15-4-3-5-17(24)23(15)9-13/h3-6,12-14H,7-10H2,1-2H3,(H,20,21,25)/t12-,13-,14+/m1/s1. The van der Waals surface area contributed by atoms with Crippen molar-refractivity contribution in [3.63, 3.8) is 0 Å². The number of likely N-dealkylation sites (tertiary alicyclic amines) is 1. The van der Waals surface area contributed by atoms with Gasteiger partial charge in [-0.3, -0.25) is 9.59 Å². The lowest BCUT2D eigenvalue weighted by atomic mass is 9.83. The van der Waals surface area contributed by atoms with E-state index < -0.39 is 0 Å². The molecule has 9 heteroatoms. The van der Waals surface area contributed by atoms with Gasteiger partial charge in [-0.1, -0.05) is 35.2 Å². The van der Waals surface area contributed by atoms with Crippen LogP contribution < -0.4 is 10.9 Å². The molecule has 2 aromatic heterocycles. The van der Waals surface area contributed by atoms with Gasteiger partial charge in [0.15, 0.2) is 5.82 Å². The van der Waals surface area contributed by atoms with E-state index in [2.05, 4.69) is 15.4 Å². The molecule has 4 rings (SSSR count). The fourth-order valence-corrected chi connectivity index (χ4v) is 5.33. The lowest BCUT2D eigenvalue weighted by molar-refractivity contribution is -0.115. The van der Waals surface area contributed by atoms with Gasteiger partial charge in [0.2, 0.25) is 5.91 Å². The van der Waals surface area contributed by atoms with E-state index in [0.29, 0.717) is 23.4 Å². The van der Waals surface area contributed by atoms with E-state index in [4.69, 9.17) is 16.7 Å². The minimum absolute atomic E-state index is 0.0750. The molecular formula is C19H22N4O3S2. The first-order valence-corrected chi connectivity index (χ1v) is 10.6. The third kappa shape index (κ3) is 3.86. The number of aromatic nitrogens is 2. The summed E-state index contributed by atoms with van der Waals surface area (Å²) in [5.74, 6) is 1.59. The molecule has 1 saturated heterocycles. The Bertz CT molecular complexity index is 970. The topological polar surface area (TPSA) is 80.4 Å². The molecule has 1 fully saturated rings. The molecule has 148 valence electrons. The Morgan fingerprint density at radius 2 is 2.21 bits per heavy atom. The van der Waals surface area contributed by atoms with Crippen molar-refractivity contribution in [3.05, 3.63) is 46.1 Å². The summed E-state index contributed by atoms with van der Waals surface area (Å²) >= 11 is 7.03. The molecule has 1 amide bonds. The van der Waals surface area contributed by atoms with Crippen molar-refractivity contribution in [1.29, 1.82) is 0 Å². The van der Waals surface area contributed by atoms with Crippen molar-refractivity contribution in [1.82, 2.24) is 14.6 Å². The molecule has 2 aliphatic rings. The number of aryl methyl sites for hydroxylation is 1. The first kappa shape index (κ1) is 19.2. The highest BCUT2D eigenvalue weighted by atomic mass is 32.2. The fraction of sp³-hybridized carbons (Fsp3) is 0.474. The quantitative estimate of drug-likeness (QED) is 0.768. The van der Waals surface area contributed by atoms with Crippen molar-refractivity contribution in [2.45, 2.75) is 38.0 Å². The predicted molar refractivity (Wildman–Crippen MR) is 113 cm³/mol. The number of rotatable bonds is 3. The summed E-state index contributed by atoms with van der Waals surface area (Å²) in [5, 5.41) is 6.19. The zero-order valence-electron chi connectivity index (χ0n) is 15.8. The van der Waals surface area contributed by atoms with Gasteiger partial charge < -0.3 is 19.3 Å². The van der Waals surface area contributed by atoms with Gasteiger partial charge in [-0.25, -0.2) is 0 Å². The second-order valence-corrected chi connectivity index (χ2v) is 9.42. The molecule has 4 heterocycles. The van der Waals surface area contributed by atoms with E-state index in [9.17, 15) is 9.59 Å². The fourth-order valence-electron chi connectivity index (χ4n) is 3.98. The van der Waals surface area contributed by atoms with Crippen LogP contribution in [0.4, 0.5) is 5.82 Å². The summed E-state index contributed by atoms with van der Waals surface area (Å²) in [7, 11) is 0. The Morgan fingerprint density at radius 1 is 1.39 bits per heavy atom. The maximum atomic E-state index is 12.4. The largest absolute Gasteiger partial charge is 0.360 e. The lowest BCUT2D eigenvalue weighted by Crippen LogP contribution is -2.48. The number of piperidine rings is 1. The van der Waals surface area contributed by atoms with Crippen LogP contribution in [0.2, 0.25) is 0 Å². The van der Waals surface area contributed by atoms with Crippen LogP contribution in [0, 0.1) is 12.8 Å². The number of nitrogens with one attached hydrogen (secondary N) is 1. The van der Waals surface area contributed by atoms with Crippen molar-refractivity contribution in [3.8, 4) is 0 Å². The van der Waals surface area contributed by atoms with Crippen LogP contribution in [0.3, 0.4) is 0 Å². The number of anilines is 1. The number of thiocarbonyl (C=S) groups is 1. The number of fused-ring (bicyclic) bond motifs is 4. The molecule has 0 spiro atoms. The monoisotopic (exact) mass is 418 g/mol. The number of carbonyl (C=O) groups is 1. The van der Waals surface area contributed by atoms with Crippen LogP contribution in [0.15, 0.2) is 33.6 Å². The van der Waals surface area contributed by atoms with Crippen LogP contribution in [0.25, 0.3) is 0 Å². The summed E-state index contributed by atoms with van der Waals surface area (Å²) in [6.07, 6.45) is 1.08. The minimum Gasteiger partial charge on any atom is -0.360 e. The highest BCUT2D eigenvalue weighted by Crippen LogP contribution is 2.36. The molecule has 0 aromatic carbocycles. The number of hydrogen-bond donors (Lipinski definition) is 1. The Labute approximate surface area is 172 Å². The van der Waals surface area contributed by atoms with E-state index >= 15 is 0 Å². The average molecular weight is 419 g/mol.